The Morgan fingerprint density at radius 1 is 1.43 bits per heavy atom. The van der Waals surface area contributed by atoms with Crippen LogP contribution in [0.15, 0.2) is 18.2 Å². The number of rotatable bonds is 4. The number of halogens is 3. The summed E-state index contributed by atoms with van der Waals surface area (Å²) in [7, 11) is 0. The van der Waals surface area contributed by atoms with Crippen molar-refractivity contribution in [2.75, 3.05) is 11.9 Å². The van der Waals surface area contributed by atoms with Crippen molar-refractivity contribution in [3.05, 3.63) is 29.6 Å². The molecule has 0 aliphatic heterocycles. The van der Waals surface area contributed by atoms with Gasteiger partial charge in [0.15, 0.2) is 6.61 Å². The highest BCUT2D eigenvalue weighted by atomic mass is 35.5. The van der Waals surface area contributed by atoms with Crippen LogP contribution in [0.4, 0.5) is 10.1 Å². The monoisotopic (exact) mass is 333 g/mol. The fourth-order valence-corrected chi connectivity index (χ4v) is 2.47. The number of alkyl halides is 2. The number of carbonyl (C=O) groups is 2. The predicted octanol–water partition coefficient (Wildman–Crippen LogP) is 3.20. The number of carbonyl (C=O) groups excluding carboxylic acids is 2. The Hall–Kier alpha value is -1.33. The molecule has 0 bridgehead atoms. The van der Waals surface area contributed by atoms with Gasteiger partial charge < -0.3 is 10.1 Å². The molecule has 21 heavy (non-hydrogen) atoms. The minimum absolute atomic E-state index is 0.284. The first-order chi connectivity index (χ1) is 9.65. The van der Waals surface area contributed by atoms with E-state index in [4.69, 9.17) is 27.9 Å². The fraction of sp³-hybridized carbons (Fsp3) is 0.429. The highest BCUT2D eigenvalue weighted by molar-refractivity contribution is 6.53. The summed E-state index contributed by atoms with van der Waals surface area (Å²) in [5.41, 5.74) is -0.214. The molecule has 1 N–H and O–H groups in total. The minimum Gasteiger partial charge on any atom is -0.455 e. The second-order valence-corrected chi connectivity index (χ2v) is 6.79. The van der Waals surface area contributed by atoms with Crippen LogP contribution in [0.1, 0.15) is 18.9 Å². The number of anilines is 1. The van der Waals surface area contributed by atoms with Gasteiger partial charge in [0.2, 0.25) is 0 Å². The van der Waals surface area contributed by atoms with Crippen LogP contribution in [-0.2, 0) is 14.3 Å². The van der Waals surface area contributed by atoms with E-state index in [1.54, 1.807) is 19.9 Å². The van der Waals surface area contributed by atoms with Gasteiger partial charge in [-0.3, -0.25) is 9.59 Å². The summed E-state index contributed by atoms with van der Waals surface area (Å²) in [6.07, 6.45) is 0.284. The molecule has 1 aliphatic rings. The van der Waals surface area contributed by atoms with Crippen LogP contribution in [0.3, 0.4) is 0 Å². The van der Waals surface area contributed by atoms with Crippen molar-refractivity contribution in [2.24, 2.45) is 5.41 Å². The lowest BCUT2D eigenvalue weighted by atomic mass is 10.1. The van der Waals surface area contributed by atoms with Crippen molar-refractivity contribution in [3.63, 3.8) is 0 Å². The number of amides is 1. The van der Waals surface area contributed by atoms with Gasteiger partial charge in [0.25, 0.3) is 5.91 Å². The number of esters is 1. The fourth-order valence-electron chi connectivity index (χ4n) is 1.78. The Labute approximate surface area is 131 Å². The Morgan fingerprint density at radius 2 is 2.05 bits per heavy atom. The van der Waals surface area contributed by atoms with Crippen molar-refractivity contribution < 1.29 is 18.7 Å². The quantitative estimate of drug-likeness (QED) is 0.680. The van der Waals surface area contributed by atoms with Crippen LogP contribution in [0.5, 0.6) is 0 Å². The highest BCUT2D eigenvalue weighted by Crippen LogP contribution is 2.64. The van der Waals surface area contributed by atoms with Crippen LogP contribution < -0.4 is 5.32 Å². The normalized spacial score (nSPS) is 22.5. The van der Waals surface area contributed by atoms with E-state index in [1.165, 1.54) is 12.1 Å². The van der Waals surface area contributed by atoms with E-state index >= 15 is 0 Å². The van der Waals surface area contributed by atoms with Crippen molar-refractivity contribution in [3.8, 4) is 0 Å². The maximum absolute atomic E-state index is 13.3. The SMILES string of the molecule is Cc1ccc(NC(=O)COC(=O)[C@]2(C)CC2(Cl)Cl)cc1F. The molecule has 0 aromatic heterocycles. The van der Waals surface area contributed by atoms with Gasteiger partial charge in [-0.05, 0) is 31.5 Å². The first-order valence-corrected chi connectivity index (χ1v) is 7.02. The van der Waals surface area contributed by atoms with Crippen molar-refractivity contribution >= 4 is 40.8 Å². The minimum atomic E-state index is -1.14. The molecular formula is C14H14Cl2FNO3. The molecule has 1 aromatic rings. The van der Waals surface area contributed by atoms with Gasteiger partial charge in [0.1, 0.15) is 15.6 Å². The smallest absolute Gasteiger partial charge is 0.315 e. The zero-order valence-electron chi connectivity index (χ0n) is 11.5. The molecule has 1 saturated carbocycles. The summed E-state index contributed by atoms with van der Waals surface area (Å²) in [5.74, 6) is -1.62. The third kappa shape index (κ3) is 3.30. The van der Waals surface area contributed by atoms with Crippen molar-refractivity contribution in [1.29, 1.82) is 0 Å². The average molecular weight is 334 g/mol. The maximum Gasteiger partial charge on any atom is 0.315 e. The zero-order chi connectivity index (χ0) is 15.8. The second-order valence-electron chi connectivity index (χ2n) is 5.30. The Balaban J connectivity index is 1.85. The number of hydrogen-bond donors (Lipinski definition) is 1. The lowest BCUT2D eigenvalue weighted by Gasteiger charge is -2.12. The van der Waals surface area contributed by atoms with E-state index in [2.05, 4.69) is 5.32 Å². The molecule has 1 fully saturated rings. The number of nitrogens with one attached hydrogen (secondary N) is 1. The van der Waals surface area contributed by atoms with Gasteiger partial charge in [-0.2, -0.15) is 0 Å². The second kappa shape index (κ2) is 5.46. The molecule has 4 nitrogen and oxygen atoms in total. The summed E-state index contributed by atoms with van der Waals surface area (Å²) >= 11 is 11.7. The van der Waals surface area contributed by atoms with Gasteiger partial charge >= 0.3 is 5.97 Å². The molecule has 7 heteroatoms. The summed E-state index contributed by atoms with van der Waals surface area (Å²) in [6.45, 7) is 2.71. The summed E-state index contributed by atoms with van der Waals surface area (Å²) in [6, 6.07) is 4.29. The summed E-state index contributed by atoms with van der Waals surface area (Å²) < 4.78 is 17.1. The lowest BCUT2D eigenvalue weighted by Crippen LogP contribution is -2.26. The molecule has 1 aliphatic carbocycles. The first-order valence-electron chi connectivity index (χ1n) is 6.27. The van der Waals surface area contributed by atoms with E-state index in [0.717, 1.165) is 0 Å². The standard InChI is InChI=1S/C14H14Cl2FNO3/c1-8-3-4-9(5-10(8)17)18-11(19)6-21-12(20)13(2)7-14(13,15)16/h3-5H,6-7H2,1-2H3,(H,18,19)/t13-/m0/s1. The molecule has 1 amide bonds. The Kier molecular flexibility index (Phi) is 4.17. The Morgan fingerprint density at radius 3 is 2.57 bits per heavy atom. The van der Waals surface area contributed by atoms with Gasteiger partial charge in [-0.15, -0.1) is 23.2 Å². The topological polar surface area (TPSA) is 55.4 Å². The van der Waals surface area contributed by atoms with E-state index < -0.39 is 34.0 Å². The maximum atomic E-state index is 13.3. The van der Waals surface area contributed by atoms with Gasteiger partial charge in [0.05, 0.1) is 0 Å². The molecule has 0 unspecified atom stereocenters. The van der Waals surface area contributed by atoms with Crippen molar-refractivity contribution in [2.45, 2.75) is 24.6 Å². The van der Waals surface area contributed by atoms with E-state index in [9.17, 15) is 14.0 Å². The number of aryl methyl sites for hydroxylation is 1. The largest absolute Gasteiger partial charge is 0.455 e. The predicted molar refractivity (Wildman–Crippen MR) is 77.9 cm³/mol. The third-order valence-electron chi connectivity index (χ3n) is 3.50. The summed E-state index contributed by atoms with van der Waals surface area (Å²) in [4.78, 5) is 23.4. The van der Waals surface area contributed by atoms with Crippen LogP contribution in [0.25, 0.3) is 0 Å². The van der Waals surface area contributed by atoms with Crippen LogP contribution in [0, 0.1) is 18.2 Å². The molecular weight excluding hydrogens is 320 g/mol. The van der Waals surface area contributed by atoms with Crippen molar-refractivity contribution in [1.82, 2.24) is 0 Å². The molecule has 0 saturated heterocycles. The zero-order valence-corrected chi connectivity index (χ0v) is 13.0. The average Bonchev–Trinajstić information content (AvgIpc) is 2.91. The van der Waals surface area contributed by atoms with Crippen LogP contribution >= 0.6 is 23.2 Å². The van der Waals surface area contributed by atoms with Gasteiger partial charge in [-0.1, -0.05) is 6.07 Å². The molecule has 0 heterocycles. The molecule has 1 aromatic carbocycles. The molecule has 2 rings (SSSR count). The van der Waals surface area contributed by atoms with Gasteiger partial charge in [0, 0.05) is 12.1 Å². The van der Waals surface area contributed by atoms with E-state index in [1.807, 2.05) is 0 Å². The number of benzene rings is 1. The van der Waals surface area contributed by atoms with Crippen LogP contribution in [-0.4, -0.2) is 22.8 Å². The first kappa shape index (κ1) is 16.0. The van der Waals surface area contributed by atoms with E-state index in [0.29, 0.717) is 11.3 Å². The molecule has 0 radical (unpaired) electrons. The molecule has 114 valence electrons. The van der Waals surface area contributed by atoms with Gasteiger partial charge in [-0.25, -0.2) is 4.39 Å². The van der Waals surface area contributed by atoms with Crippen LogP contribution in [0.2, 0.25) is 0 Å². The summed E-state index contributed by atoms with van der Waals surface area (Å²) in [5, 5.41) is 2.44. The molecule has 1 atom stereocenters. The molecule has 0 spiro atoms. The van der Waals surface area contributed by atoms with E-state index in [-0.39, 0.29) is 6.42 Å². The number of ether oxygens (including phenoxy) is 1. The third-order valence-corrected chi connectivity index (χ3v) is 4.60. The number of hydrogen-bond acceptors (Lipinski definition) is 3. The Bertz CT molecular complexity index is 606. The lowest BCUT2D eigenvalue weighted by molar-refractivity contribution is -0.152. The highest BCUT2D eigenvalue weighted by Gasteiger charge is 2.69.